The zero-order valence-electron chi connectivity index (χ0n) is 17.5. The zero-order valence-corrected chi connectivity index (χ0v) is 18.3. The van der Waals surface area contributed by atoms with E-state index in [4.69, 9.17) is 5.26 Å². The number of aromatic amines is 1. The predicted octanol–water partition coefficient (Wildman–Crippen LogP) is 4.06. The van der Waals surface area contributed by atoms with Gasteiger partial charge in [-0.15, -0.1) is 0 Å². The summed E-state index contributed by atoms with van der Waals surface area (Å²) < 4.78 is 28.3. The molecule has 4 aromatic rings. The first kappa shape index (κ1) is 20.2. The van der Waals surface area contributed by atoms with Gasteiger partial charge in [0, 0.05) is 18.8 Å². The maximum absolute atomic E-state index is 13.4. The lowest BCUT2D eigenvalue weighted by Gasteiger charge is -2.17. The summed E-state index contributed by atoms with van der Waals surface area (Å²) in [6.07, 6.45) is 0. The largest absolute Gasteiger partial charge is 0.378 e. The normalized spacial score (nSPS) is 13.8. The Labute approximate surface area is 186 Å². The average Bonchev–Trinajstić information content (AvgIpc) is 3.43. The number of hydrogen-bond donors (Lipinski definition) is 2. The number of aromatic nitrogens is 2. The van der Waals surface area contributed by atoms with E-state index in [1.165, 1.54) is 4.31 Å². The number of sulfonamides is 1. The zero-order chi connectivity index (χ0) is 22.3. The third-order valence-electron chi connectivity index (χ3n) is 5.81. The molecule has 0 saturated heterocycles. The first-order valence-corrected chi connectivity index (χ1v) is 11.7. The van der Waals surface area contributed by atoms with Crippen molar-refractivity contribution >= 4 is 26.7 Å². The lowest BCUT2D eigenvalue weighted by molar-refractivity contribution is 0.431. The molecule has 7 nitrogen and oxygen atoms in total. The highest BCUT2D eigenvalue weighted by molar-refractivity contribution is 7.89. The number of fused-ring (bicyclic) bond motifs is 2. The first-order chi connectivity index (χ1) is 15.5. The van der Waals surface area contributed by atoms with E-state index >= 15 is 0 Å². The van der Waals surface area contributed by atoms with Gasteiger partial charge in [-0.1, -0.05) is 24.3 Å². The van der Waals surface area contributed by atoms with E-state index in [0.717, 1.165) is 22.3 Å². The lowest BCUT2D eigenvalue weighted by atomic mass is 10.1. The molecule has 160 valence electrons. The molecule has 2 N–H and O–H groups in total. The van der Waals surface area contributed by atoms with Crippen LogP contribution in [0.25, 0.3) is 11.0 Å². The summed E-state index contributed by atoms with van der Waals surface area (Å²) in [5, 5.41) is 12.2. The van der Waals surface area contributed by atoms with Crippen LogP contribution in [0.1, 0.15) is 28.1 Å². The third kappa shape index (κ3) is 3.51. The van der Waals surface area contributed by atoms with Gasteiger partial charge < -0.3 is 10.3 Å². The van der Waals surface area contributed by atoms with E-state index in [1.54, 1.807) is 31.2 Å². The minimum absolute atomic E-state index is 0.288. The van der Waals surface area contributed by atoms with E-state index in [0.29, 0.717) is 42.1 Å². The number of anilines is 1. The van der Waals surface area contributed by atoms with Gasteiger partial charge in [-0.2, -0.15) is 9.57 Å². The lowest BCUT2D eigenvalue weighted by Crippen LogP contribution is -2.26. The monoisotopic (exact) mass is 443 g/mol. The van der Waals surface area contributed by atoms with Crippen LogP contribution in [0.5, 0.6) is 0 Å². The molecular formula is C24H21N5O2S. The van der Waals surface area contributed by atoms with Crippen molar-refractivity contribution < 1.29 is 8.42 Å². The van der Waals surface area contributed by atoms with Crippen molar-refractivity contribution in [3.63, 3.8) is 0 Å². The molecule has 0 atom stereocenters. The Kier molecular flexibility index (Phi) is 4.93. The minimum atomic E-state index is -3.64. The highest BCUT2D eigenvalue weighted by atomic mass is 32.2. The van der Waals surface area contributed by atoms with Crippen LogP contribution in [0.2, 0.25) is 0 Å². The maximum Gasteiger partial charge on any atom is 0.244 e. The second-order valence-corrected chi connectivity index (χ2v) is 9.76. The molecule has 8 heteroatoms. The smallest absolute Gasteiger partial charge is 0.244 e. The van der Waals surface area contributed by atoms with Crippen molar-refractivity contribution in [3.8, 4) is 6.07 Å². The Morgan fingerprint density at radius 1 is 1.06 bits per heavy atom. The summed E-state index contributed by atoms with van der Waals surface area (Å²) in [6, 6.07) is 20.5. The fourth-order valence-corrected chi connectivity index (χ4v) is 5.69. The number of H-pyrrole nitrogens is 1. The van der Waals surface area contributed by atoms with Crippen molar-refractivity contribution in [1.82, 2.24) is 14.3 Å². The molecule has 32 heavy (non-hydrogen) atoms. The number of rotatable bonds is 5. The fourth-order valence-electron chi connectivity index (χ4n) is 4.07. The van der Waals surface area contributed by atoms with Crippen LogP contribution in [0, 0.1) is 18.3 Å². The summed E-state index contributed by atoms with van der Waals surface area (Å²) in [6.45, 7) is 3.02. The van der Waals surface area contributed by atoms with Gasteiger partial charge in [0.05, 0.1) is 34.1 Å². The molecule has 0 bridgehead atoms. The van der Waals surface area contributed by atoms with Crippen LogP contribution in [-0.2, 0) is 29.7 Å². The number of hydrogen-bond acceptors (Lipinski definition) is 5. The highest BCUT2D eigenvalue weighted by Crippen LogP contribution is 2.32. The molecule has 5 rings (SSSR count). The molecule has 0 fully saturated rings. The van der Waals surface area contributed by atoms with Crippen LogP contribution in [0.15, 0.2) is 65.6 Å². The fraction of sp³-hybridized carbons (Fsp3) is 0.167. The van der Waals surface area contributed by atoms with E-state index in [9.17, 15) is 8.42 Å². The van der Waals surface area contributed by atoms with E-state index in [2.05, 4.69) is 21.4 Å². The summed E-state index contributed by atoms with van der Waals surface area (Å²) >= 11 is 0. The van der Waals surface area contributed by atoms with E-state index in [-0.39, 0.29) is 4.90 Å². The summed E-state index contributed by atoms with van der Waals surface area (Å²) in [4.78, 5) is 8.19. The van der Waals surface area contributed by atoms with Gasteiger partial charge in [0.15, 0.2) is 0 Å². The molecule has 0 unspecified atom stereocenters. The van der Waals surface area contributed by atoms with Crippen LogP contribution in [0.3, 0.4) is 0 Å². The van der Waals surface area contributed by atoms with E-state index in [1.807, 2.05) is 36.4 Å². The number of nitriles is 1. The minimum Gasteiger partial charge on any atom is -0.378 e. The van der Waals surface area contributed by atoms with Gasteiger partial charge in [0.2, 0.25) is 10.0 Å². The average molecular weight is 444 g/mol. The van der Waals surface area contributed by atoms with Gasteiger partial charge in [-0.25, -0.2) is 13.4 Å². The van der Waals surface area contributed by atoms with Crippen molar-refractivity contribution in [1.29, 1.82) is 5.26 Å². The highest BCUT2D eigenvalue weighted by Gasteiger charge is 2.32. The van der Waals surface area contributed by atoms with Gasteiger partial charge in [-0.3, -0.25) is 0 Å². The number of imidazole rings is 1. The maximum atomic E-state index is 13.4. The Hall–Kier alpha value is -3.67. The van der Waals surface area contributed by atoms with Gasteiger partial charge in [0.1, 0.15) is 5.82 Å². The van der Waals surface area contributed by atoms with Crippen molar-refractivity contribution in [3.05, 3.63) is 88.7 Å². The second-order valence-electron chi connectivity index (χ2n) is 7.85. The van der Waals surface area contributed by atoms with Gasteiger partial charge >= 0.3 is 0 Å². The molecule has 1 aliphatic rings. The van der Waals surface area contributed by atoms with Crippen molar-refractivity contribution in [2.45, 2.75) is 31.5 Å². The van der Waals surface area contributed by atoms with Crippen LogP contribution >= 0.6 is 0 Å². The Morgan fingerprint density at radius 2 is 1.75 bits per heavy atom. The SMILES string of the molecule is Cc1c(S(=O)(=O)N2Cc3ccccc3C2)ccc2[nH]c(CNc3ccc(C#N)cc3)nc12. The molecule has 0 spiro atoms. The topological polar surface area (TPSA) is 102 Å². The number of aryl methyl sites for hydroxylation is 1. The van der Waals surface area contributed by atoms with Gasteiger partial charge in [0.25, 0.3) is 0 Å². The Balaban J connectivity index is 1.40. The first-order valence-electron chi connectivity index (χ1n) is 10.2. The van der Waals surface area contributed by atoms with Crippen molar-refractivity contribution in [2.24, 2.45) is 0 Å². The summed E-state index contributed by atoms with van der Waals surface area (Å²) in [7, 11) is -3.64. The van der Waals surface area contributed by atoms with E-state index < -0.39 is 10.0 Å². The third-order valence-corrected chi connectivity index (χ3v) is 7.75. The summed E-state index contributed by atoms with van der Waals surface area (Å²) in [5.41, 5.74) is 5.65. The molecule has 0 aliphatic carbocycles. The molecular weight excluding hydrogens is 422 g/mol. The molecule has 0 amide bonds. The standard InChI is InChI=1S/C24H21N5O2S/c1-16-22(32(30,31)29-14-18-4-2-3-5-19(18)15-29)11-10-21-24(16)28-23(27-21)13-26-20-8-6-17(12-25)7-9-20/h2-11,26H,13-15H2,1H3,(H,27,28). The van der Waals surface area contributed by atoms with Gasteiger partial charge in [-0.05, 0) is 60.0 Å². The molecule has 1 aliphatic heterocycles. The predicted molar refractivity (Wildman–Crippen MR) is 122 cm³/mol. The molecule has 3 aromatic carbocycles. The number of nitrogens with one attached hydrogen (secondary N) is 2. The molecule has 0 radical (unpaired) electrons. The Bertz CT molecular complexity index is 1440. The quantitative estimate of drug-likeness (QED) is 0.484. The van der Waals surface area contributed by atoms with Crippen LogP contribution < -0.4 is 5.32 Å². The molecule has 1 aromatic heterocycles. The van der Waals surface area contributed by atoms with Crippen LogP contribution in [0.4, 0.5) is 5.69 Å². The van der Waals surface area contributed by atoms with Crippen LogP contribution in [-0.4, -0.2) is 22.7 Å². The molecule has 0 saturated carbocycles. The molecule has 2 heterocycles. The second kappa shape index (κ2) is 7.79. The summed E-state index contributed by atoms with van der Waals surface area (Å²) in [5.74, 6) is 0.704. The number of benzene rings is 3. The Morgan fingerprint density at radius 3 is 2.41 bits per heavy atom. The number of nitrogens with zero attached hydrogens (tertiary/aromatic N) is 3. The van der Waals surface area contributed by atoms with Crippen molar-refractivity contribution in [2.75, 3.05) is 5.32 Å².